The van der Waals surface area contributed by atoms with Gasteiger partial charge in [0.2, 0.25) is 5.91 Å². The van der Waals surface area contributed by atoms with Gasteiger partial charge in [0.05, 0.1) is 13.2 Å². The molecule has 3 aliphatic heterocycles. The van der Waals surface area contributed by atoms with E-state index in [-0.39, 0.29) is 5.91 Å². The molecule has 3 heterocycles. The minimum atomic E-state index is 0.199. The van der Waals surface area contributed by atoms with E-state index in [2.05, 4.69) is 32.1 Å². The Balaban J connectivity index is 1.26. The van der Waals surface area contributed by atoms with Gasteiger partial charge in [-0.25, -0.2) is 0 Å². The highest BCUT2D eigenvalue weighted by molar-refractivity contribution is 6.30. The lowest BCUT2D eigenvalue weighted by Gasteiger charge is -2.43. The molecule has 0 aromatic heterocycles. The van der Waals surface area contributed by atoms with Gasteiger partial charge in [-0.3, -0.25) is 14.6 Å². The monoisotopic (exact) mass is 462 g/mol. The normalized spacial score (nSPS) is 25.8. The van der Waals surface area contributed by atoms with Crippen molar-refractivity contribution in [2.24, 2.45) is 5.92 Å². The Hall–Kier alpha value is -1.18. The summed E-state index contributed by atoms with van der Waals surface area (Å²) in [5, 5.41) is 3.95. The van der Waals surface area contributed by atoms with Gasteiger partial charge in [0.25, 0.3) is 0 Å². The summed E-state index contributed by atoms with van der Waals surface area (Å²) in [5.74, 6) is 0.747. The third-order valence-electron chi connectivity index (χ3n) is 7.28. The number of morpholine rings is 1. The predicted molar refractivity (Wildman–Crippen MR) is 129 cm³/mol. The zero-order valence-electron chi connectivity index (χ0n) is 19.3. The molecule has 0 aliphatic carbocycles. The third kappa shape index (κ3) is 7.16. The van der Waals surface area contributed by atoms with Crippen LogP contribution >= 0.6 is 11.6 Å². The number of ether oxygens (including phenoxy) is 1. The highest BCUT2D eigenvalue weighted by atomic mass is 35.5. The molecule has 3 fully saturated rings. The van der Waals surface area contributed by atoms with Crippen LogP contribution in [0.5, 0.6) is 0 Å². The molecule has 2 atom stereocenters. The Morgan fingerprint density at radius 2 is 1.91 bits per heavy atom. The van der Waals surface area contributed by atoms with Crippen molar-refractivity contribution in [2.45, 2.75) is 44.7 Å². The van der Waals surface area contributed by atoms with Crippen LogP contribution in [0.25, 0.3) is 0 Å². The molecule has 0 radical (unpaired) electrons. The Kier molecular flexibility index (Phi) is 9.23. The average Bonchev–Trinajstić information content (AvgIpc) is 3.33. The quantitative estimate of drug-likeness (QED) is 0.611. The van der Waals surface area contributed by atoms with Crippen LogP contribution in [0.1, 0.15) is 37.7 Å². The molecule has 3 saturated heterocycles. The van der Waals surface area contributed by atoms with E-state index in [9.17, 15) is 4.79 Å². The summed E-state index contributed by atoms with van der Waals surface area (Å²) in [6, 6.07) is 8.83. The van der Waals surface area contributed by atoms with Crippen LogP contribution in [0.15, 0.2) is 24.3 Å². The lowest BCUT2D eigenvalue weighted by Crippen LogP contribution is -2.50. The molecule has 7 heteroatoms. The summed E-state index contributed by atoms with van der Waals surface area (Å²) >= 11 is 6.20. The molecule has 1 amide bonds. The highest BCUT2D eigenvalue weighted by Gasteiger charge is 2.34. The fourth-order valence-electron chi connectivity index (χ4n) is 5.55. The Morgan fingerprint density at radius 3 is 2.69 bits per heavy atom. The number of nitrogens with one attached hydrogen (secondary N) is 1. The van der Waals surface area contributed by atoms with Gasteiger partial charge in [-0.15, -0.1) is 0 Å². The number of rotatable bonds is 9. The van der Waals surface area contributed by atoms with E-state index in [4.69, 9.17) is 16.3 Å². The molecule has 1 aromatic carbocycles. The van der Waals surface area contributed by atoms with E-state index in [0.29, 0.717) is 18.4 Å². The second-order valence-corrected chi connectivity index (χ2v) is 10.0. The van der Waals surface area contributed by atoms with Gasteiger partial charge in [-0.05, 0) is 68.9 Å². The highest BCUT2D eigenvalue weighted by Crippen LogP contribution is 2.29. The minimum Gasteiger partial charge on any atom is -0.379 e. The first-order valence-electron chi connectivity index (χ1n) is 12.4. The van der Waals surface area contributed by atoms with E-state index in [0.717, 1.165) is 70.5 Å². The second-order valence-electron chi connectivity index (χ2n) is 9.57. The number of hydrogen-bond acceptors (Lipinski definition) is 5. The molecule has 6 nitrogen and oxygen atoms in total. The Bertz CT molecular complexity index is 722. The van der Waals surface area contributed by atoms with Crippen LogP contribution < -0.4 is 5.32 Å². The van der Waals surface area contributed by atoms with E-state index < -0.39 is 0 Å². The molecule has 3 aliphatic rings. The molecule has 0 saturated carbocycles. The smallest absolute Gasteiger partial charge is 0.220 e. The number of benzene rings is 1. The van der Waals surface area contributed by atoms with Crippen LogP contribution in [-0.4, -0.2) is 92.2 Å². The van der Waals surface area contributed by atoms with Crippen LogP contribution in [0, 0.1) is 5.92 Å². The largest absolute Gasteiger partial charge is 0.379 e. The van der Waals surface area contributed by atoms with Gasteiger partial charge in [0.15, 0.2) is 0 Å². The summed E-state index contributed by atoms with van der Waals surface area (Å²) < 4.78 is 5.39. The number of nitrogens with zero attached hydrogens (tertiary/aromatic N) is 3. The molecular formula is C25H39ClN4O2. The van der Waals surface area contributed by atoms with E-state index in [1.807, 2.05) is 12.1 Å². The molecule has 0 unspecified atom stereocenters. The SMILES string of the molecule is O=C(CC[C@@H]1CN(Cc2cccc(Cl)c2)CC[C@@H]1N1CCCC1)NCCN1CCOCC1. The summed E-state index contributed by atoms with van der Waals surface area (Å²) in [4.78, 5) is 20.2. The maximum atomic E-state index is 12.6. The number of hydrogen-bond donors (Lipinski definition) is 1. The number of carbonyl (C=O) groups excluding carboxylic acids is 1. The Morgan fingerprint density at radius 1 is 1.09 bits per heavy atom. The Labute approximate surface area is 198 Å². The first kappa shape index (κ1) is 24.0. The van der Waals surface area contributed by atoms with Crippen LogP contribution in [0.3, 0.4) is 0 Å². The summed E-state index contributed by atoms with van der Waals surface area (Å²) in [6.45, 7) is 10.8. The van der Waals surface area contributed by atoms with Gasteiger partial charge < -0.3 is 15.0 Å². The zero-order valence-corrected chi connectivity index (χ0v) is 20.1. The number of likely N-dealkylation sites (tertiary alicyclic amines) is 2. The fraction of sp³-hybridized carbons (Fsp3) is 0.720. The average molecular weight is 463 g/mol. The van der Waals surface area contributed by atoms with E-state index >= 15 is 0 Å². The molecular weight excluding hydrogens is 424 g/mol. The van der Waals surface area contributed by atoms with Gasteiger partial charge in [-0.2, -0.15) is 0 Å². The van der Waals surface area contributed by atoms with Crippen molar-refractivity contribution in [1.82, 2.24) is 20.0 Å². The fourth-order valence-corrected chi connectivity index (χ4v) is 5.77. The van der Waals surface area contributed by atoms with Crippen molar-refractivity contribution < 1.29 is 9.53 Å². The van der Waals surface area contributed by atoms with Crippen molar-refractivity contribution in [3.05, 3.63) is 34.9 Å². The maximum absolute atomic E-state index is 12.6. The van der Waals surface area contributed by atoms with E-state index in [1.165, 1.54) is 37.9 Å². The maximum Gasteiger partial charge on any atom is 0.220 e. The van der Waals surface area contributed by atoms with Gasteiger partial charge in [0.1, 0.15) is 0 Å². The molecule has 0 bridgehead atoms. The summed E-state index contributed by atoms with van der Waals surface area (Å²) in [7, 11) is 0. The first-order chi connectivity index (χ1) is 15.7. The van der Waals surface area contributed by atoms with Crippen LogP contribution in [0.4, 0.5) is 0 Å². The molecule has 1 N–H and O–H groups in total. The molecule has 32 heavy (non-hydrogen) atoms. The number of amides is 1. The van der Waals surface area contributed by atoms with E-state index in [1.54, 1.807) is 0 Å². The van der Waals surface area contributed by atoms with Crippen molar-refractivity contribution >= 4 is 17.5 Å². The molecule has 4 rings (SSSR count). The minimum absolute atomic E-state index is 0.199. The van der Waals surface area contributed by atoms with Crippen molar-refractivity contribution in [3.8, 4) is 0 Å². The predicted octanol–water partition coefficient (Wildman–Crippen LogP) is 2.85. The number of carbonyl (C=O) groups is 1. The molecule has 1 aromatic rings. The second kappa shape index (κ2) is 12.3. The zero-order chi connectivity index (χ0) is 22.2. The third-order valence-corrected chi connectivity index (χ3v) is 7.51. The number of piperidine rings is 1. The lowest BCUT2D eigenvalue weighted by atomic mass is 9.86. The first-order valence-corrected chi connectivity index (χ1v) is 12.8. The van der Waals surface area contributed by atoms with Crippen LogP contribution in [-0.2, 0) is 16.1 Å². The summed E-state index contributed by atoms with van der Waals surface area (Å²) in [6.07, 6.45) is 5.43. The lowest BCUT2D eigenvalue weighted by molar-refractivity contribution is -0.121. The van der Waals surface area contributed by atoms with Gasteiger partial charge in [-0.1, -0.05) is 23.7 Å². The van der Waals surface area contributed by atoms with Crippen molar-refractivity contribution in [2.75, 3.05) is 65.6 Å². The number of halogens is 1. The van der Waals surface area contributed by atoms with Gasteiger partial charge in [0, 0.05) is 56.8 Å². The molecule has 0 spiro atoms. The van der Waals surface area contributed by atoms with Crippen molar-refractivity contribution in [1.29, 1.82) is 0 Å². The summed E-state index contributed by atoms with van der Waals surface area (Å²) in [5.41, 5.74) is 1.27. The van der Waals surface area contributed by atoms with Crippen LogP contribution in [0.2, 0.25) is 5.02 Å². The standard InChI is InChI=1S/C25H39ClN4O2/c26-23-5-3-4-21(18-23)19-29-12-8-24(30-10-1-2-11-30)22(20-29)6-7-25(31)27-9-13-28-14-16-32-17-15-28/h3-5,18,22,24H,1-2,6-17,19-20H2,(H,27,31)/t22-,24+/m1/s1. The van der Waals surface area contributed by atoms with Crippen molar-refractivity contribution in [3.63, 3.8) is 0 Å². The van der Waals surface area contributed by atoms with Gasteiger partial charge >= 0.3 is 0 Å². The topological polar surface area (TPSA) is 48.1 Å². The molecule has 178 valence electrons.